The fourth-order valence-corrected chi connectivity index (χ4v) is 3.97. The molecule has 1 saturated heterocycles. The molecule has 1 fully saturated rings. The number of hydrogen-bond acceptors (Lipinski definition) is 4. The molecule has 1 aromatic carbocycles. The molecule has 6 heteroatoms. The molecule has 0 N–H and O–H groups in total. The number of hydrogen-bond donors (Lipinski definition) is 0. The Morgan fingerprint density at radius 2 is 1.92 bits per heavy atom. The first-order valence-electron chi connectivity index (χ1n) is 8.75. The van der Waals surface area contributed by atoms with Crippen LogP contribution in [-0.4, -0.2) is 32.7 Å². The monoisotopic (exact) mass is 339 g/mol. The maximum Gasteiger partial charge on any atom is 0.347 e. The minimum atomic E-state index is -0.424. The van der Waals surface area contributed by atoms with E-state index in [9.17, 15) is 9.59 Å². The van der Waals surface area contributed by atoms with Crippen LogP contribution in [0, 0.1) is 0 Å². The van der Waals surface area contributed by atoms with Crippen molar-refractivity contribution in [1.82, 2.24) is 14.7 Å². The predicted octanol–water partition coefficient (Wildman–Crippen LogP) is 2.93. The molecule has 3 heterocycles. The molecule has 2 aromatic heterocycles. The van der Waals surface area contributed by atoms with Gasteiger partial charge in [0, 0.05) is 17.5 Å². The molecule has 0 bridgehead atoms. The maximum atomic E-state index is 12.9. The van der Waals surface area contributed by atoms with E-state index in [1.165, 1.54) is 6.20 Å². The van der Waals surface area contributed by atoms with Crippen LogP contribution in [0.2, 0.25) is 0 Å². The van der Waals surface area contributed by atoms with E-state index in [0.717, 1.165) is 24.6 Å². The molecule has 1 amide bonds. The Hall–Kier alpha value is -2.63. The molecule has 1 aliphatic heterocycles. The van der Waals surface area contributed by atoms with Crippen molar-refractivity contribution in [2.45, 2.75) is 51.7 Å². The van der Waals surface area contributed by atoms with Gasteiger partial charge in [0.15, 0.2) is 0 Å². The van der Waals surface area contributed by atoms with E-state index in [2.05, 4.69) is 18.9 Å². The summed E-state index contributed by atoms with van der Waals surface area (Å²) in [6.45, 7) is 4.32. The van der Waals surface area contributed by atoms with Gasteiger partial charge in [0.25, 0.3) is 0 Å². The second-order valence-electron chi connectivity index (χ2n) is 6.88. The van der Waals surface area contributed by atoms with Gasteiger partial charge in [-0.2, -0.15) is 5.10 Å². The summed E-state index contributed by atoms with van der Waals surface area (Å²) >= 11 is 0. The summed E-state index contributed by atoms with van der Waals surface area (Å²) in [5.74, 6) is 0.0435. The van der Waals surface area contributed by atoms with Crippen LogP contribution in [0.1, 0.15) is 33.1 Å². The van der Waals surface area contributed by atoms with Crippen molar-refractivity contribution in [2.75, 3.05) is 0 Å². The minimum absolute atomic E-state index is 0.0435. The number of likely N-dealkylation sites (tertiary alicyclic amines) is 1. The first-order chi connectivity index (χ1) is 12.1. The highest BCUT2D eigenvalue weighted by Gasteiger charge is 2.29. The van der Waals surface area contributed by atoms with Crippen LogP contribution in [0.15, 0.2) is 39.7 Å². The molecule has 2 atom stereocenters. The smallest absolute Gasteiger partial charge is 0.347 e. The Balaban J connectivity index is 1.77. The predicted molar refractivity (Wildman–Crippen MR) is 95.4 cm³/mol. The van der Waals surface area contributed by atoms with Gasteiger partial charge in [0.1, 0.15) is 17.5 Å². The van der Waals surface area contributed by atoms with Gasteiger partial charge in [-0.05, 0) is 45.2 Å². The number of piperidine rings is 1. The lowest BCUT2D eigenvalue weighted by Crippen LogP contribution is -2.48. The molecule has 25 heavy (non-hydrogen) atoms. The lowest BCUT2D eigenvalue weighted by molar-refractivity contribution is -0.138. The first kappa shape index (κ1) is 15.9. The van der Waals surface area contributed by atoms with Crippen molar-refractivity contribution < 1.29 is 9.21 Å². The van der Waals surface area contributed by atoms with E-state index in [1.54, 1.807) is 10.7 Å². The van der Waals surface area contributed by atoms with Gasteiger partial charge in [0.05, 0.1) is 11.7 Å². The Bertz CT molecular complexity index is 994. The van der Waals surface area contributed by atoms with Crippen molar-refractivity contribution in [3.05, 3.63) is 40.9 Å². The molecular weight excluding hydrogens is 318 g/mol. The zero-order valence-electron chi connectivity index (χ0n) is 14.4. The Morgan fingerprint density at radius 1 is 1.20 bits per heavy atom. The van der Waals surface area contributed by atoms with Crippen LogP contribution < -0.4 is 5.63 Å². The quantitative estimate of drug-likeness (QED) is 0.673. The number of fused-ring (bicyclic) bond motifs is 3. The highest BCUT2D eigenvalue weighted by atomic mass is 16.4. The average Bonchev–Trinajstić information content (AvgIpc) is 2.99. The molecule has 0 radical (unpaired) electrons. The molecule has 130 valence electrons. The topological polar surface area (TPSA) is 68.3 Å². The standard InChI is InChI=1S/C19H21N3O3/c1-12-6-5-7-13(2)22(12)17(23)11-21-18-14-8-3-4-9-16(14)25-19(24)15(18)10-20-21/h3-4,8-10,12-13H,5-7,11H2,1-2H3. The van der Waals surface area contributed by atoms with Gasteiger partial charge in [-0.25, -0.2) is 4.79 Å². The largest absolute Gasteiger partial charge is 0.422 e. The molecule has 0 spiro atoms. The third kappa shape index (κ3) is 2.62. The van der Waals surface area contributed by atoms with Crippen molar-refractivity contribution >= 4 is 27.8 Å². The van der Waals surface area contributed by atoms with E-state index in [1.807, 2.05) is 23.1 Å². The van der Waals surface area contributed by atoms with Crippen molar-refractivity contribution in [3.63, 3.8) is 0 Å². The van der Waals surface area contributed by atoms with Crippen LogP contribution in [-0.2, 0) is 11.3 Å². The summed E-state index contributed by atoms with van der Waals surface area (Å²) in [7, 11) is 0. The first-order valence-corrected chi connectivity index (χ1v) is 8.75. The molecular formula is C19H21N3O3. The summed E-state index contributed by atoms with van der Waals surface area (Å²) in [6.07, 6.45) is 4.71. The number of amides is 1. The summed E-state index contributed by atoms with van der Waals surface area (Å²) in [6, 6.07) is 7.81. The molecule has 0 saturated carbocycles. The summed E-state index contributed by atoms with van der Waals surface area (Å²) in [4.78, 5) is 27.1. The molecule has 1 aliphatic rings. The van der Waals surface area contributed by atoms with Gasteiger partial charge in [-0.3, -0.25) is 9.48 Å². The van der Waals surface area contributed by atoms with Gasteiger partial charge < -0.3 is 9.32 Å². The average molecular weight is 339 g/mol. The zero-order chi connectivity index (χ0) is 17.6. The summed E-state index contributed by atoms with van der Waals surface area (Å²) < 4.78 is 6.97. The minimum Gasteiger partial charge on any atom is -0.422 e. The van der Waals surface area contributed by atoms with Crippen LogP contribution in [0.5, 0.6) is 0 Å². The van der Waals surface area contributed by atoms with Gasteiger partial charge >= 0.3 is 5.63 Å². The number of aromatic nitrogens is 2. The molecule has 6 nitrogen and oxygen atoms in total. The summed E-state index contributed by atoms with van der Waals surface area (Å²) in [5, 5.41) is 5.50. The maximum absolute atomic E-state index is 12.9. The lowest BCUT2D eigenvalue weighted by Gasteiger charge is -2.39. The van der Waals surface area contributed by atoms with Gasteiger partial charge in [-0.1, -0.05) is 12.1 Å². The van der Waals surface area contributed by atoms with Crippen LogP contribution in [0.4, 0.5) is 0 Å². The van der Waals surface area contributed by atoms with E-state index in [0.29, 0.717) is 16.5 Å². The SMILES string of the molecule is CC1CCCC(C)N1C(=O)Cn1ncc2c(=O)oc3ccccc3c21. The highest BCUT2D eigenvalue weighted by Crippen LogP contribution is 2.25. The third-order valence-electron chi connectivity index (χ3n) is 5.17. The molecule has 3 aromatic rings. The van der Waals surface area contributed by atoms with E-state index in [4.69, 9.17) is 4.42 Å². The Labute approximate surface area is 145 Å². The molecule has 4 rings (SSSR count). The summed E-state index contributed by atoms with van der Waals surface area (Å²) in [5.41, 5.74) is 0.749. The third-order valence-corrected chi connectivity index (χ3v) is 5.17. The number of carbonyl (C=O) groups is 1. The second kappa shape index (κ2) is 6.02. The van der Waals surface area contributed by atoms with Crippen LogP contribution in [0.25, 0.3) is 21.9 Å². The Morgan fingerprint density at radius 3 is 2.68 bits per heavy atom. The van der Waals surface area contributed by atoms with Crippen LogP contribution >= 0.6 is 0 Å². The molecule has 0 aliphatic carbocycles. The Kier molecular flexibility index (Phi) is 3.82. The van der Waals surface area contributed by atoms with E-state index in [-0.39, 0.29) is 24.5 Å². The number of nitrogens with zero attached hydrogens (tertiary/aromatic N) is 3. The van der Waals surface area contributed by atoms with Crippen molar-refractivity contribution in [1.29, 1.82) is 0 Å². The number of carbonyl (C=O) groups excluding carboxylic acids is 1. The van der Waals surface area contributed by atoms with Gasteiger partial charge in [-0.15, -0.1) is 0 Å². The van der Waals surface area contributed by atoms with Crippen LogP contribution in [0.3, 0.4) is 0 Å². The lowest BCUT2D eigenvalue weighted by atomic mass is 9.97. The highest BCUT2D eigenvalue weighted by molar-refractivity contribution is 6.02. The van der Waals surface area contributed by atoms with E-state index >= 15 is 0 Å². The van der Waals surface area contributed by atoms with Gasteiger partial charge in [0.2, 0.25) is 5.91 Å². The van der Waals surface area contributed by atoms with Crippen molar-refractivity contribution in [2.24, 2.45) is 0 Å². The number of rotatable bonds is 2. The zero-order valence-corrected chi connectivity index (χ0v) is 14.4. The fourth-order valence-electron chi connectivity index (χ4n) is 3.97. The molecule has 2 unspecified atom stereocenters. The number of para-hydroxylation sites is 1. The number of benzene rings is 1. The fraction of sp³-hybridized carbons (Fsp3) is 0.421. The second-order valence-corrected chi connectivity index (χ2v) is 6.88. The van der Waals surface area contributed by atoms with E-state index < -0.39 is 5.63 Å². The van der Waals surface area contributed by atoms with Crippen molar-refractivity contribution in [3.8, 4) is 0 Å². The normalized spacial score (nSPS) is 21.1.